The zero-order valence-corrected chi connectivity index (χ0v) is 15.3. The number of hydrogen-bond acceptors (Lipinski definition) is 6. The normalized spacial score (nSPS) is 10.4. The first kappa shape index (κ1) is 18.1. The van der Waals surface area contributed by atoms with Crippen LogP contribution >= 0.6 is 23.2 Å². The maximum Gasteiger partial charge on any atom is 0.224 e. The molecule has 0 spiro atoms. The van der Waals surface area contributed by atoms with Crippen LogP contribution in [0.1, 0.15) is 21.6 Å². The van der Waals surface area contributed by atoms with Crippen molar-refractivity contribution in [3.05, 3.63) is 75.9 Å². The quantitative estimate of drug-likeness (QED) is 0.507. The second-order valence-electron chi connectivity index (χ2n) is 5.27. The number of halogens is 2. The lowest BCUT2D eigenvalue weighted by atomic mass is 10.1. The van der Waals surface area contributed by atoms with Gasteiger partial charge in [0.15, 0.2) is 0 Å². The predicted molar refractivity (Wildman–Crippen MR) is 100 cm³/mol. The molecule has 0 aliphatic rings. The Morgan fingerprint density at radius 3 is 2.73 bits per heavy atom. The van der Waals surface area contributed by atoms with E-state index in [1.54, 1.807) is 43.6 Å². The predicted octanol–water partition coefficient (Wildman–Crippen LogP) is 4.03. The van der Waals surface area contributed by atoms with E-state index in [9.17, 15) is 4.79 Å². The lowest BCUT2D eigenvalue weighted by Crippen LogP contribution is -2.12. The van der Waals surface area contributed by atoms with E-state index in [1.807, 2.05) is 6.07 Å². The maximum absolute atomic E-state index is 12.7. The summed E-state index contributed by atoms with van der Waals surface area (Å²) in [5, 5.41) is 3.64. The van der Waals surface area contributed by atoms with E-state index in [-0.39, 0.29) is 16.6 Å². The first-order chi connectivity index (χ1) is 12.6. The molecule has 2 heterocycles. The molecule has 0 radical (unpaired) electrons. The summed E-state index contributed by atoms with van der Waals surface area (Å²) >= 11 is 12.0. The van der Waals surface area contributed by atoms with Crippen LogP contribution in [0.15, 0.2) is 48.8 Å². The topological polar surface area (TPSA) is 77.0 Å². The first-order valence-electron chi connectivity index (χ1n) is 7.63. The monoisotopic (exact) mass is 388 g/mol. The summed E-state index contributed by atoms with van der Waals surface area (Å²) in [5.74, 6) is 0.622. The molecule has 0 amide bonds. The number of benzene rings is 1. The third-order valence-electron chi connectivity index (χ3n) is 3.58. The Labute approximate surface area is 160 Å². The van der Waals surface area contributed by atoms with Crippen molar-refractivity contribution in [1.82, 2.24) is 15.0 Å². The summed E-state index contributed by atoms with van der Waals surface area (Å²) < 4.78 is 5.14. The zero-order valence-electron chi connectivity index (χ0n) is 13.7. The number of carbonyl (C=O) groups is 1. The van der Waals surface area contributed by atoms with E-state index < -0.39 is 0 Å². The van der Waals surface area contributed by atoms with Crippen LogP contribution in [0.4, 0.5) is 5.82 Å². The summed E-state index contributed by atoms with van der Waals surface area (Å²) in [6.07, 6.45) is 2.94. The van der Waals surface area contributed by atoms with E-state index in [0.717, 1.165) is 5.56 Å². The SMILES string of the molecule is COc1ccc(CNc2nc(Cl)ncc2C(=O)c2ccccn2)cc1Cl. The number of ketones is 1. The van der Waals surface area contributed by atoms with Crippen molar-refractivity contribution in [2.45, 2.75) is 6.54 Å². The van der Waals surface area contributed by atoms with Crippen molar-refractivity contribution in [2.24, 2.45) is 0 Å². The summed E-state index contributed by atoms with van der Waals surface area (Å²) in [7, 11) is 1.55. The fourth-order valence-corrected chi connectivity index (χ4v) is 2.72. The van der Waals surface area contributed by atoms with Crippen LogP contribution in [0.25, 0.3) is 0 Å². The number of nitrogens with one attached hydrogen (secondary N) is 1. The Hall–Kier alpha value is -2.70. The Kier molecular flexibility index (Phi) is 5.65. The Morgan fingerprint density at radius 2 is 2.04 bits per heavy atom. The number of rotatable bonds is 6. The third kappa shape index (κ3) is 4.09. The second-order valence-corrected chi connectivity index (χ2v) is 6.01. The first-order valence-corrected chi connectivity index (χ1v) is 8.38. The van der Waals surface area contributed by atoms with Crippen LogP contribution < -0.4 is 10.1 Å². The average molecular weight is 389 g/mol. The molecule has 1 N–H and O–H groups in total. The summed E-state index contributed by atoms with van der Waals surface area (Å²) in [4.78, 5) is 24.8. The Balaban J connectivity index is 1.84. The minimum atomic E-state index is -0.294. The largest absolute Gasteiger partial charge is 0.495 e. The molecule has 6 nitrogen and oxygen atoms in total. The number of pyridine rings is 1. The highest BCUT2D eigenvalue weighted by atomic mass is 35.5. The van der Waals surface area contributed by atoms with Gasteiger partial charge in [-0.1, -0.05) is 23.7 Å². The molecule has 0 fully saturated rings. The van der Waals surface area contributed by atoms with Gasteiger partial charge in [0.1, 0.15) is 17.3 Å². The molecular weight excluding hydrogens is 375 g/mol. The van der Waals surface area contributed by atoms with Crippen LogP contribution in [0.5, 0.6) is 5.75 Å². The summed E-state index contributed by atoms with van der Waals surface area (Å²) in [6.45, 7) is 0.388. The van der Waals surface area contributed by atoms with Gasteiger partial charge >= 0.3 is 0 Å². The number of ether oxygens (including phenoxy) is 1. The highest BCUT2D eigenvalue weighted by Gasteiger charge is 2.17. The van der Waals surface area contributed by atoms with Crippen molar-refractivity contribution < 1.29 is 9.53 Å². The molecule has 0 saturated carbocycles. The number of hydrogen-bond donors (Lipinski definition) is 1. The second kappa shape index (κ2) is 8.12. The average Bonchev–Trinajstić information content (AvgIpc) is 2.67. The Morgan fingerprint density at radius 1 is 1.19 bits per heavy atom. The number of methoxy groups -OCH3 is 1. The molecule has 0 bridgehead atoms. The van der Waals surface area contributed by atoms with Crippen molar-refractivity contribution in [3.8, 4) is 5.75 Å². The van der Waals surface area contributed by atoms with Crippen molar-refractivity contribution >= 4 is 34.8 Å². The van der Waals surface area contributed by atoms with E-state index in [0.29, 0.717) is 28.8 Å². The number of nitrogens with zero attached hydrogens (tertiary/aromatic N) is 3. The lowest BCUT2D eigenvalue weighted by molar-refractivity contribution is 0.103. The molecule has 1 aromatic carbocycles. The van der Waals surface area contributed by atoms with Crippen molar-refractivity contribution in [1.29, 1.82) is 0 Å². The van der Waals surface area contributed by atoms with Crippen LogP contribution in [-0.2, 0) is 6.54 Å². The minimum absolute atomic E-state index is 0.0397. The van der Waals surface area contributed by atoms with Crippen molar-refractivity contribution in [3.63, 3.8) is 0 Å². The molecule has 2 aromatic heterocycles. The fraction of sp³-hybridized carbons (Fsp3) is 0.111. The molecule has 0 saturated heterocycles. The van der Waals surface area contributed by atoms with E-state index >= 15 is 0 Å². The molecule has 8 heteroatoms. The molecule has 0 unspecified atom stereocenters. The third-order valence-corrected chi connectivity index (χ3v) is 4.06. The van der Waals surface area contributed by atoms with Gasteiger partial charge in [-0.25, -0.2) is 9.97 Å². The van der Waals surface area contributed by atoms with Gasteiger partial charge in [-0.3, -0.25) is 9.78 Å². The van der Waals surface area contributed by atoms with Crippen LogP contribution in [0.3, 0.4) is 0 Å². The summed E-state index contributed by atoms with van der Waals surface area (Å²) in [6, 6.07) is 10.5. The van der Waals surface area contributed by atoms with Gasteiger partial charge in [-0.05, 0) is 41.4 Å². The van der Waals surface area contributed by atoms with Gasteiger partial charge in [0.2, 0.25) is 11.1 Å². The van der Waals surface area contributed by atoms with Gasteiger partial charge in [-0.15, -0.1) is 0 Å². The van der Waals surface area contributed by atoms with E-state index in [2.05, 4.69) is 20.3 Å². The maximum atomic E-state index is 12.7. The van der Waals surface area contributed by atoms with Gasteiger partial charge in [0.05, 0.1) is 17.7 Å². The van der Waals surface area contributed by atoms with Gasteiger partial charge in [-0.2, -0.15) is 0 Å². The van der Waals surface area contributed by atoms with Gasteiger partial charge in [0.25, 0.3) is 0 Å². The zero-order chi connectivity index (χ0) is 18.5. The van der Waals surface area contributed by atoms with Gasteiger partial charge in [0, 0.05) is 18.9 Å². The van der Waals surface area contributed by atoms with Crippen LogP contribution in [0.2, 0.25) is 10.3 Å². The smallest absolute Gasteiger partial charge is 0.224 e. The highest BCUT2D eigenvalue weighted by molar-refractivity contribution is 6.32. The van der Waals surface area contributed by atoms with Crippen molar-refractivity contribution in [2.75, 3.05) is 12.4 Å². The fourth-order valence-electron chi connectivity index (χ4n) is 2.30. The summed E-state index contributed by atoms with van der Waals surface area (Å²) in [5.41, 5.74) is 1.48. The number of anilines is 1. The molecule has 0 aliphatic carbocycles. The minimum Gasteiger partial charge on any atom is -0.495 e. The Bertz CT molecular complexity index is 936. The van der Waals surface area contributed by atoms with Gasteiger partial charge < -0.3 is 10.1 Å². The van der Waals surface area contributed by atoms with Crippen LogP contribution in [-0.4, -0.2) is 27.8 Å². The molecule has 3 rings (SSSR count). The molecule has 26 heavy (non-hydrogen) atoms. The van der Waals surface area contributed by atoms with E-state index in [4.69, 9.17) is 27.9 Å². The number of aromatic nitrogens is 3. The highest BCUT2D eigenvalue weighted by Crippen LogP contribution is 2.25. The standard InChI is InChI=1S/C18H14Cl2N4O2/c1-26-15-6-5-11(8-13(15)19)9-22-17-12(10-23-18(20)24-17)16(25)14-4-2-3-7-21-14/h2-8,10H,9H2,1H3,(H,22,23,24). The number of carbonyl (C=O) groups excluding carboxylic acids is 1. The lowest BCUT2D eigenvalue weighted by Gasteiger charge is -2.11. The molecule has 132 valence electrons. The molecular formula is C18H14Cl2N4O2. The molecule has 0 aliphatic heterocycles. The van der Waals surface area contributed by atoms with Crippen LogP contribution in [0, 0.1) is 0 Å². The molecule has 3 aromatic rings. The van der Waals surface area contributed by atoms with E-state index in [1.165, 1.54) is 6.20 Å². The molecule has 0 atom stereocenters.